The summed E-state index contributed by atoms with van der Waals surface area (Å²) in [6.45, 7) is 0. The normalized spacial score (nSPS) is 9.36. The number of methoxy groups -OCH3 is 1. The number of nitrogens with one attached hydrogen (secondary N) is 1. The molecule has 1 aromatic carbocycles. The Morgan fingerprint density at radius 1 is 1.55 bits per heavy atom. The number of rotatable bonds is 2. The quantitative estimate of drug-likeness (QED) is 0.657. The molecule has 0 unspecified atom stereocenters. The maximum absolute atomic E-state index is 12.9. The molecule has 0 bridgehead atoms. The minimum absolute atomic E-state index is 0.252. The monoisotopic (exact) mass is 267 g/mol. The molecule has 0 heterocycles. The van der Waals surface area contributed by atoms with Gasteiger partial charge in [-0.25, -0.2) is 4.39 Å². The molecular formula is C7H7FINO. The van der Waals surface area contributed by atoms with E-state index in [1.807, 2.05) is 22.9 Å². The average Bonchev–Trinajstić information content (AvgIpc) is 2.04. The van der Waals surface area contributed by atoms with E-state index in [1.54, 1.807) is 12.1 Å². The largest absolute Gasteiger partial charge is 0.492 e. The predicted molar refractivity (Wildman–Crippen MR) is 50.6 cm³/mol. The van der Waals surface area contributed by atoms with E-state index in [0.29, 0.717) is 5.69 Å². The van der Waals surface area contributed by atoms with Crippen LogP contribution in [0.2, 0.25) is 0 Å². The van der Waals surface area contributed by atoms with Gasteiger partial charge in [0.25, 0.3) is 0 Å². The van der Waals surface area contributed by atoms with Gasteiger partial charge in [-0.1, -0.05) is 6.07 Å². The Kier molecular flexibility index (Phi) is 2.92. The summed E-state index contributed by atoms with van der Waals surface area (Å²) in [6.07, 6.45) is 0. The molecule has 0 radical (unpaired) electrons. The van der Waals surface area contributed by atoms with E-state index in [9.17, 15) is 4.39 Å². The zero-order valence-electron chi connectivity index (χ0n) is 5.90. The molecule has 11 heavy (non-hydrogen) atoms. The molecule has 1 aromatic rings. The number of hydrogen-bond donors (Lipinski definition) is 1. The van der Waals surface area contributed by atoms with Gasteiger partial charge in [0.15, 0.2) is 11.6 Å². The van der Waals surface area contributed by atoms with Gasteiger partial charge in [0.05, 0.1) is 35.7 Å². The first-order chi connectivity index (χ1) is 5.29. The lowest BCUT2D eigenvalue weighted by Crippen LogP contribution is -1.91. The van der Waals surface area contributed by atoms with E-state index in [-0.39, 0.29) is 11.6 Å². The molecule has 0 aliphatic carbocycles. The SMILES string of the molecule is COc1c(F)cccc1NI. The standard InChI is InChI=1S/C7H7FINO/c1-11-7-5(8)3-2-4-6(7)10-9/h2-4,10H,1H3. The van der Waals surface area contributed by atoms with Gasteiger partial charge in [0.1, 0.15) is 0 Å². The summed E-state index contributed by atoms with van der Waals surface area (Å²) in [5.74, 6) is -0.101. The van der Waals surface area contributed by atoms with Gasteiger partial charge >= 0.3 is 0 Å². The van der Waals surface area contributed by atoms with Crippen LogP contribution >= 0.6 is 22.9 Å². The first-order valence-corrected chi connectivity index (χ1v) is 4.06. The van der Waals surface area contributed by atoms with Crippen LogP contribution in [-0.4, -0.2) is 7.11 Å². The van der Waals surface area contributed by atoms with Crippen molar-refractivity contribution < 1.29 is 9.13 Å². The van der Waals surface area contributed by atoms with Crippen LogP contribution in [0.3, 0.4) is 0 Å². The molecule has 0 aromatic heterocycles. The lowest BCUT2D eigenvalue weighted by molar-refractivity contribution is 0.389. The Hall–Kier alpha value is -0.520. The number of para-hydroxylation sites is 1. The Morgan fingerprint density at radius 2 is 2.27 bits per heavy atom. The minimum Gasteiger partial charge on any atom is -0.492 e. The number of hydrogen-bond acceptors (Lipinski definition) is 2. The number of anilines is 1. The summed E-state index contributed by atoms with van der Waals surface area (Å²) >= 11 is 1.92. The third-order valence-corrected chi connectivity index (χ3v) is 1.85. The molecule has 0 amide bonds. The molecule has 0 saturated heterocycles. The van der Waals surface area contributed by atoms with Crippen LogP contribution < -0.4 is 8.27 Å². The van der Waals surface area contributed by atoms with Crippen molar-refractivity contribution in [3.63, 3.8) is 0 Å². The van der Waals surface area contributed by atoms with Gasteiger partial charge in [0, 0.05) is 0 Å². The highest BCUT2D eigenvalue weighted by molar-refractivity contribution is 14.1. The summed E-state index contributed by atoms with van der Waals surface area (Å²) in [5.41, 5.74) is 0.646. The zero-order chi connectivity index (χ0) is 8.27. The van der Waals surface area contributed by atoms with Crippen LogP contribution in [0, 0.1) is 5.82 Å². The molecule has 1 N–H and O–H groups in total. The highest BCUT2D eigenvalue weighted by Gasteiger charge is 2.05. The molecule has 1 rings (SSSR count). The van der Waals surface area contributed by atoms with E-state index in [4.69, 9.17) is 4.74 Å². The first kappa shape index (κ1) is 8.58. The summed E-state index contributed by atoms with van der Waals surface area (Å²) in [7, 11) is 1.44. The van der Waals surface area contributed by atoms with Gasteiger partial charge in [-0.05, 0) is 12.1 Å². The summed E-state index contributed by atoms with van der Waals surface area (Å²) in [5, 5.41) is 0. The van der Waals surface area contributed by atoms with Gasteiger partial charge in [-0.3, -0.25) is 0 Å². The second kappa shape index (κ2) is 3.75. The predicted octanol–water partition coefficient (Wildman–Crippen LogP) is 2.60. The average molecular weight is 267 g/mol. The van der Waals surface area contributed by atoms with E-state index >= 15 is 0 Å². The third kappa shape index (κ3) is 1.74. The van der Waals surface area contributed by atoms with E-state index < -0.39 is 0 Å². The van der Waals surface area contributed by atoms with Crippen molar-refractivity contribution in [2.24, 2.45) is 0 Å². The van der Waals surface area contributed by atoms with E-state index in [1.165, 1.54) is 13.2 Å². The second-order valence-corrected chi connectivity index (χ2v) is 2.45. The molecular weight excluding hydrogens is 260 g/mol. The highest BCUT2D eigenvalue weighted by Crippen LogP contribution is 2.27. The van der Waals surface area contributed by atoms with E-state index in [0.717, 1.165) is 0 Å². The van der Waals surface area contributed by atoms with Gasteiger partial charge in [0.2, 0.25) is 0 Å². The van der Waals surface area contributed by atoms with Crippen molar-refractivity contribution >= 4 is 28.6 Å². The zero-order valence-corrected chi connectivity index (χ0v) is 8.05. The molecule has 0 fully saturated rings. The highest BCUT2D eigenvalue weighted by atomic mass is 127. The van der Waals surface area contributed by atoms with Crippen LogP contribution in [0.25, 0.3) is 0 Å². The minimum atomic E-state index is -0.353. The fraction of sp³-hybridized carbons (Fsp3) is 0.143. The lowest BCUT2D eigenvalue weighted by Gasteiger charge is -2.06. The number of benzene rings is 1. The van der Waals surface area contributed by atoms with Crippen molar-refractivity contribution in [3.05, 3.63) is 24.0 Å². The Morgan fingerprint density at radius 3 is 2.73 bits per heavy atom. The van der Waals surface area contributed by atoms with Crippen LogP contribution in [-0.2, 0) is 0 Å². The van der Waals surface area contributed by atoms with Gasteiger partial charge < -0.3 is 8.27 Å². The summed E-state index contributed by atoms with van der Waals surface area (Å²) in [6, 6.07) is 4.73. The molecule has 4 heteroatoms. The van der Waals surface area contributed by atoms with E-state index in [2.05, 4.69) is 3.53 Å². The van der Waals surface area contributed by atoms with Gasteiger partial charge in [-0.2, -0.15) is 0 Å². The van der Waals surface area contributed by atoms with Crippen molar-refractivity contribution in [2.75, 3.05) is 10.6 Å². The van der Waals surface area contributed by atoms with Crippen LogP contribution in [0.15, 0.2) is 18.2 Å². The van der Waals surface area contributed by atoms with Crippen molar-refractivity contribution in [3.8, 4) is 5.75 Å². The molecule has 0 aliphatic rings. The molecule has 0 spiro atoms. The topological polar surface area (TPSA) is 21.3 Å². The smallest absolute Gasteiger partial charge is 0.178 e. The first-order valence-electron chi connectivity index (χ1n) is 2.98. The lowest BCUT2D eigenvalue weighted by atomic mass is 10.3. The van der Waals surface area contributed by atoms with Crippen molar-refractivity contribution in [1.29, 1.82) is 0 Å². The Labute approximate surface area is 78.2 Å². The molecule has 0 saturated carbocycles. The second-order valence-electron chi connectivity index (χ2n) is 1.92. The fourth-order valence-electron chi connectivity index (χ4n) is 0.791. The molecule has 0 atom stereocenters. The maximum Gasteiger partial charge on any atom is 0.178 e. The van der Waals surface area contributed by atoms with Gasteiger partial charge in [-0.15, -0.1) is 0 Å². The van der Waals surface area contributed by atoms with Crippen LogP contribution in [0.1, 0.15) is 0 Å². The molecule has 2 nitrogen and oxygen atoms in total. The molecule has 60 valence electrons. The van der Waals surface area contributed by atoms with Crippen molar-refractivity contribution in [1.82, 2.24) is 0 Å². The van der Waals surface area contributed by atoms with Crippen molar-refractivity contribution in [2.45, 2.75) is 0 Å². The maximum atomic E-state index is 12.9. The van der Waals surface area contributed by atoms with Crippen LogP contribution in [0.5, 0.6) is 5.75 Å². The number of halogens is 2. The molecule has 0 aliphatic heterocycles. The summed E-state index contributed by atoms with van der Waals surface area (Å²) < 4.78 is 20.5. The Bertz CT molecular complexity index is 254. The van der Waals surface area contributed by atoms with Crippen LogP contribution in [0.4, 0.5) is 10.1 Å². The number of ether oxygens (including phenoxy) is 1. The fourth-order valence-corrected chi connectivity index (χ4v) is 1.22. The Balaban J connectivity index is 3.13. The third-order valence-electron chi connectivity index (χ3n) is 1.27. The summed E-state index contributed by atoms with van der Waals surface area (Å²) in [4.78, 5) is 0.